The first-order chi connectivity index (χ1) is 8.11. The highest BCUT2D eigenvalue weighted by molar-refractivity contribution is 6.32. The fraction of sp³-hybridized carbons (Fsp3) is 0.417. The predicted molar refractivity (Wildman–Crippen MR) is 64.0 cm³/mol. The number of likely N-dealkylation sites (tertiary alicyclic amines) is 1. The molecule has 0 aromatic heterocycles. The normalized spacial score (nSPS) is 19.8. The second kappa shape index (κ2) is 4.94. The molecule has 1 heterocycles. The Morgan fingerprint density at radius 3 is 2.88 bits per heavy atom. The Morgan fingerprint density at radius 1 is 1.59 bits per heavy atom. The van der Waals surface area contributed by atoms with E-state index in [0.717, 1.165) is 5.56 Å². The third-order valence-electron chi connectivity index (χ3n) is 2.83. The molecule has 92 valence electrons. The van der Waals surface area contributed by atoms with Crippen molar-refractivity contribution in [3.63, 3.8) is 0 Å². The van der Waals surface area contributed by atoms with Gasteiger partial charge in [-0.1, -0.05) is 17.7 Å². The van der Waals surface area contributed by atoms with Gasteiger partial charge in [-0.3, -0.25) is 4.79 Å². The lowest BCUT2D eigenvalue weighted by Gasteiger charge is -2.14. The van der Waals surface area contributed by atoms with Crippen molar-refractivity contribution >= 4 is 17.5 Å². The molecule has 1 aromatic carbocycles. The molecule has 0 aliphatic carbocycles. The molecule has 1 aliphatic heterocycles. The predicted octanol–water partition coefficient (Wildman–Crippen LogP) is 1.44. The van der Waals surface area contributed by atoms with Crippen molar-refractivity contribution in [1.29, 1.82) is 0 Å². The fourth-order valence-corrected chi connectivity index (χ4v) is 2.04. The number of halogens is 1. The summed E-state index contributed by atoms with van der Waals surface area (Å²) in [5, 5.41) is 9.37. The van der Waals surface area contributed by atoms with Gasteiger partial charge in [0.15, 0.2) is 6.10 Å². The van der Waals surface area contributed by atoms with Gasteiger partial charge in [-0.05, 0) is 17.7 Å². The van der Waals surface area contributed by atoms with Crippen LogP contribution in [-0.4, -0.2) is 35.6 Å². The van der Waals surface area contributed by atoms with Gasteiger partial charge in [-0.15, -0.1) is 0 Å². The molecule has 4 nitrogen and oxygen atoms in total. The van der Waals surface area contributed by atoms with E-state index < -0.39 is 6.10 Å². The minimum atomic E-state index is -0.447. The first kappa shape index (κ1) is 12.2. The highest BCUT2D eigenvalue weighted by atomic mass is 35.5. The number of aliphatic hydroxyl groups is 1. The zero-order valence-electron chi connectivity index (χ0n) is 9.52. The van der Waals surface area contributed by atoms with Gasteiger partial charge in [0.25, 0.3) is 5.91 Å². The molecule has 5 heteroatoms. The number of hydrogen-bond acceptors (Lipinski definition) is 3. The quantitative estimate of drug-likeness (QED) is 0.889. The molecule has 1 amide bonds. The molecule has 0 bridgehead atoms. The SMILES string of the molecule is CN1CCC(Oc2ccc(CO)cc2Cl)C1=O. The number of amides is 1. The summed E-state index contributed by atoms with van der Waals surface area (Å²) in [6, 6.07) is 5.05. The average molecular weight is 256 g/mol. The zero-order valence-corrected chi connectivity index (χ0v) is 10.3. The molecule has 1 aromatic rings. The van der Waals surface area contributed by atoms with E-state index in [1.54, 1.807) is 30.1 Å². The summed E-state index contributed by atoms with van der Waals surface area (Å²) in [4.78, 5) is 13.3. The number of aliphatic hydroxyl groups excluding tert-OH is 1. The number of benzene rings is 1. The standard InChI is InChI=1S/C12H14ClNO3/c1-14-5-4-11(12(14)16)17-10-3-2-8(7-15)6-9(10)13/h2-3,6,11,15H,4-5,7H2,1H3. The average Bonchev–Trinajstić information content (AvgIpc) is 2.63. The zero-order chi connectivity index (χ0) is 12.4. The molecular weight excluding hydrogens is 242 g/mol. The largest absolute Gasteiger partial charge is 0.479 e. The van der Waals surface area contributed by atoms with Crippen molar-refractivity contribution in [2.75, 3.05) is 13.6 Å². The third kappa shape index (κ3) is 2.53. The Hall–Kier alpha value is -1.26. The fourth-order valence-electron chi connectivity index (χ4n) is 1.79. The molecule has 1 aliphatic rings. The van der Waals surface area contributed by atoms with Crippen molar-refractivity contribution < 1.29 is 14.6 Å². The van der Waals surface area contributed by atoms with Crippen LogP contribution < -0.4 is 4.74 Å². The number of rotatable bonds is 3. The van der Waals surface area contributed by atoms with Gasteiger partial charge in [0.2, 0.25) is 0 Å². The van der Waals surface area contributed by atoms with E-state index in [2.05, 4.69) is 0 Å². The van der Waals surface area contributed by atoms with Crippen LogP contribution in [-0.2, 0) is 11.4 Å². The van der Waals surface area contributed by atoms with Gasteiger partial charge in [0.1, 0.15) is 5.75 Å². The smallest absolute Gasteiger partial charge is 0.263 e. The number of ether oxygens (including phenoxy) is 1. The monoisotopic (exact) mass is 255 g/mol. The summed E-state index contributed by atoms with van der Waals surface area (Å²) in [6.07, 6.45) is 0.227. The third-order valence-corrected chi connectivity index (χ3v) is 3.12. The van der Waals surface area contributed by atoms with Crippen LogP contribution in [0.2, 0.25) is 5.02 Å². The highest BCUT2D eigenvalue weighted by Crippen LogP contribution is 2.28. The van der Waals surface area contributed by atoms with Crippen molar-refractivity contribution in [2.45, 2.75) is 19.1 Å². The van der Waals surface area contributed by atoms with Gasteiger partial charge < -0.3 is 14.7 Å². The molecule has 0 spiro atoms. The van der Waals surface area contributed by atoms with Gasteiger partial charge >= 0.3 is 0 Å². The lowest BCUT2D eigenvalue weighted by Crippen LogP contribution is -2.29. The molecule has 1 fully saturated rings. The summed E-state index contributed by atoms with van der Waals surface area (Å²) in [5.74, 6) is 0.463. The molecule has 2 rings (SSSR count). The second-order valence-corrected chi connectivity index (χ2v) is 4.49. The molecule has 17 heavy (non-hydrogen) atoms. The van der Waals surface area contributed by atoms with E-state index in [1.165, 1.54) is 0 Å². The van der Waals surface area contributed by atoms with Crippen LogP contribution in [0.15, 0.2) is 18.2 Å². The summed E-state index contributed by atoms with van der Waals surface area (Å²) < 4.78 is 5.58. The van der Waals surface area contributed by atoms with Crippen molar-refractivity contribution in [1.82, 2.24) is 4.90 Å². The Labute approximate surface area is 105 Å². The summed E-state index contributed by atoms with van der Waals surface area (Å²) in [7, 11) is 1.75. The number of nitrogens with zero attached hydrogens (tertiary/aromatic N) is 1. The number of carbonyl (C=O) groups excluding carboxylic acids is 1. The molecule has 1 atom stereocenters. The van der Waals surface area contributed by atoms with Crippen molar-refractivity contribution in [3.05, 3.63) is 28.8 Å². The number of carbonyl (C=O) groups is 1. The van der Waals surface area contributed by atoms with Crippen LogP contribution in [0.5, 0.6) is 5.75 Å². The Balaban J connectivity index is 2.11. The Morgan fingerprint density at radius 2 is 2.35 bits per heavy atom. The van der Waals surface area contributed by atoms with Gasteiger partial charge in [-0.2, -0.15) is 0 Å². The summed E-state index contributed by atoms with van der Waals surface area (Å²) >= 11 is 6.01. The molecule has 1 N–H and O–H groups in total. The lowest BCUT2D eigenvalue weighted by molar-refractivity contribution is -0.132. The van der Waals surface area contributed by atoms with Crippen LogP contribution in [0.3, 0.4) is 0 Å². The van der Waals surface area contributed by atoms with E-state index in [4.69, 9.17) is 21.4 Å². The highest BCUT2D eigenvalue weighted by Gasteiger charge is 2.31. The van der Waals surface area contributed by atoms with Crippen LogP contribution in [0, 0.1) is 0 Å². The van der Waals surface area contributed by atoms with Crippen LogP contribution in [0.25, 0.3) is 0 Å². The van der Waals surface area contributed by atoms with E-state index in [0.29, 0.717) is 23.7 Å². The Bertz CT molecular complexity index is 436. The molecule has 0 saturated carbocycles. The van der Waals surface area contributed by atoms with Gasteiger partial charge in [-0.25, -0.2) is 0 Å². The van der Waals surface area contributed by atoms with Crippen molar-refractivity contribution in [2.24, 2.45) is 0 Å². The molecule has 0 radical (unpaired) electrons. The molecule has 1 saturated heterocycles. The van der Waals surface area contributed by atoms with E-state index >= 15 is 0 Å². The maximum absolute atomic E-state index is 11.7. The topological polar surface area (TPSA) is 49.8 Å². The van der Waals surface area contributed by atoms with E-state index in [-0.39, 0.29) is 12.5 Å². The maximum Gasteiger partial charge on any atom is 0.263 e. The van der Waals surface area contributed by atoms with Crippen molar-refractivity contribution in [3.8, 4) is 5.75 Å². The number of hydrogen-bond donors (Lipinski definition) is 1. The Kier molecular flexibility index (Phi) is 3.54. The van der Waals surface area contributed by atoms with Crippen LogP contribution >= 0.6 is 11.6 Å². The second-order valence-electron chi connectivity index (χ2n) is 4.08. The van der Waals surface area contributed by atoms with E-state index in [9.17, 15) is 4.79 Å². The first-order valence-electron chi connectivity index (χ1n) is 5.42. The molecule has 1 unspecified atom stereocenters. The minimum absolute atomic E-state index is 0.0210. The first-order valence-corrected chi connectivity index (χ1v) is 5.80. The number of likely N-dealkylation sites (N-methyl/N-ethyl adjacent to an activating group) is 1. The van der Waals surface area contributed by atoms with E-state index in [1.807, 2.05) is 0 Å². The van der Waals surface area contributed by atoms with Gasteiger partial charge in [0.05, 0.1) is 11.6 Å². The van der Waals surface area contributed by atoms with Crippen LogP contribution in [0.4, 0.5) is 0 Å². The summed E-state index contributed by atoms with van der Waals surface area (Å²) in [6.45, 7) is 0.640. The van der Waals surface area contributed by atoms with Gasteiger partial charge in [0, 0.05) is 20.0 Å². The summed E-state index contributed by atoms with van der Waals surface area (Å²) in [5.41, 5.74) is 0.720. The molecular formula is C12H14ClNO3. The van der Waals surface area contributed by atoms with Crippen LogP contribution in [0.1, 0.15) is 12.0 Å². The maximum atomic E-state index is 11.7. The minimum Gasteiger partial charge on any atom is -0.479 e. The lowest BCUT2D eigenvalue weighted by atomic mass is 10.2.